The van der Waals surface area contributed by atoms with Crippen molar-refractivity contribution in [2.45, 2.75) is 20.3 Å². The first-order valence-corrected chi connectivity index (χ1v) is 5.18. The van der Waals surface area contributed by atoms with Crippen molar-refractivity contribution in [1.82, 2.24) is 0 Å². The third-order valence-corrected chi connectivity index (χ3v) is 2.77. The van der Waals surface area contributed by atoms with Crippen LogP contribution < -0.4 is 0 Å². The lowest BCUT2D eigenvalue weighted by molar-refractivity contribution is 1.24. The molecule has 0 N–H and O–H groups in total. The molecule has 0 aromatic rings. The summed E-state index contributed by atoms with van der Waals surface area (Å²) >= 11 is 0. The maximum atomic E-state index is 3.68. The summed E-state index contributed by atoms with van der Waals surface area (Å²) in [4.78, 5) is 0. The van der Waals surface area contributed by atoms with Gasteiger partial charge in [0, 0.05) is 0 Å². The van der Waals surface area contributed by atoms with Gasteiger partial charge in [0.05, 0.1) is 0 Å². The molecule has 0 radical (unpaired) electrons. The molecule has 0 nitrogen and oxygen atoms in total. The summed E-state index contributed by atoms with van der Waals surface area (Å²) < 4.78 is 0. The van der Waals surface area contributed by atoms with Gasteiger partial charge >= 0.3 is 0 Å². The van der Waals surface area contributed by atoms with E-state index in [9.17, 15) is 0 Å². The van der Waals surface area contributed by atoms with Crippen molar-refractivity contribution in [1.29, 1.82) is 0 Å². The highest BCUT2D eigenvalue weighted by atomic mass is 14.2. The summed E-state index contributed by atoms with van der Waals surface area (Å²) in [5, 5.41) is 0. The SMILES string of the molecule is C=C/C=C\C1=C(C)C(C)=C(/C=C\C=C)C1. The molecule has 0 aromatic carbocycles. The maximum Gasteiger partial charge on any atom is -0.00203 e. The van der Waals surface area contributed by atoms with Crippen LogP contribution in [0.4, 0.5) is 0 Å². The van der Waals surface area contributed by atoms with Crippen molar-refractivity contribution in [3.05, 3.63) is 71.9 Å². The van der Waals surface area contributed by atoms with Gasteiger partial charge in [-0.15, -0.1) is 0 Å². The van der Waals surface area contributed by atoms with Gasteiger partial charge < -0.3 is 0 Å². The fraction of sp³-hybridized carbons (Fsp3) is 0.200. The molecular weight excluding hydrogens is 180 g/mol. The van der Waals surface area contributed by atoms with E-state index in [1.807, 2.05) is 24.3 Å². The van der Waals surface area contributed by atoms with Crippen LogP contribution in [0.25, 0.3) is 0 Å². The molecule has 0 bridgehead atoms. The normalized spacial score (nSPS) is 17.2. The van der Waals surface area contributed by atoms with Gasteiger partial charge in [-0.25, -0.2) is 0 Å². The van der Waals surface area contributed by atoms with E-state index in [0.717, 1.165) is 6.42 Å². The second-order valence-electron chi connectivity index (χ2n) is 3.67. The van der Waals surface area contributed by atoms with Crippen molar-refractivity contribution in [3.8, 4) is 0 Å². The van der Waals surface area contributed by atoms with Gasteiger partial charge in [0.2, 0.25) is 0 Å². The average molecular weight is 198 g/mol. The highest BCUT2D eigenvalue weighted by molar-refractivity contribution is 5.53. The van der Waals surface area contributed by atoms with Gasteiger partial charge in [0.15, 0.2) is 0 Å². The van der Waals surface area contributed by atoms with Crippen molar-refractivity contribution < 1.29 is 0 Å². The Morgan fingerprint density at radius 2 is 1.27 bits per heavy atom. The molecule has 0 aliphatic heterocycles. The Morgan fingerprint density at radius 1 is 0.867 bits per heavy atom. The summed E-state index contributed by atoms with van der Waals surface area (Å²) in [5.41, 5.74) is 5.54. The first kappa shape index (κ1) is 11.5. The largest absolute Gasteiger partial charge is 0.0991 e. The molecule has 0 fully saturated rings. The van der Waals surface area contributed by atoms with E-state index in [0.29, 0.717) is 0 Å². The molecule has 0 heteroatoms. The monoisotopic (exact) mass is 198 g/mol. The van der Waals surface area contributed by atoms with Gasteiger partial charge in [0.25, 0.3) is 0 Å². The summed E-state index contributed by atoms with van der Waals surface area (Å²) in [5.74, 6) is 0. The number of rotatable bonds is 4. The lowest BCUT2D eigenvalue weighted by atomic mass is 10.1. The van der Waals surface area contributed by atoms with Crippen LogP contribution in [-0.4, -0.2) is 0 Å². The van der Waals surface area contributed by atoms with E-state index in [-0.39, 0.29) is 0 Å². The molecule has 0 heterocycles. The van der Waals surface area contributed by atoms with Crippen molar-refractivity contribution >= 4 is 0 Å². The molecular formula is C15H18. The molecule has 0 spiro atoms. The first-order chi connectivity index (χ1) is 7.20. The number of hydrogen-bond donors (Lipinski definition) is 0. The van der Waals surface area contributed by atoms with Crippen LogP contribution in [0.5, 0.6) is 0 Å². The smallest absolute Gasteiger partial charge is 0.00203 e. The van der Waals surface area contributed by atoms with E-state index in [2.05, 4.69) is 39.2 Å². The molecule has 0 saturated carbocycles. The topological polar surface area (TPSA) is 0 Å². The Balaban J connectivity index is 2.88. The standard InChI is InChI=1S/C15H18/c1-5-7-9-14-11-15(10-8-6-2)13(4)12(14)3/h5-10H,1-2,11H2,3-4H3/b9-7-,10-8-. The van der Waals surface area contributed by atoms with Gasteiger partial charge in [-0.1, -0.05) is 49.6 Å². The van der Waals surface area contributed by atoms with E-state index in [4.69, 9.17) is 0 Å². The van der Waals surface area contributed by atoms with E-state index >= 15 is 0 Å². The van der Waals surface area contributed by atoms with Crippen molar-refractivity contribution in [2.24, 2.45) is 0 Å². The Hall–Kier alpha value is -1.56. The highest BCUT2D eigenvalue weighted by Crippen LogP contribution is 2.33. The first-order valence-electron chi connectivity index (χ1n) is 5.18. The molecule has 1 aliphatic carbocycles. The maximum absolute atomic E-state index is 3.68. The van der Waals surface area contributed by atoms with Crippen LogP contribution in [0.15, 0.2) is 71.9 Å². The number of allylic oxidation sites excluding steroid dienone is 10. The van der Waals surface area contributed by atoms with Gasteiger partial charge in [-0.2, -0.15) is 0 Å². The molecule has 0 amide bonds. The predicted molar refractivity (Wildman–Crippen MR) is 68.7 cm³/mol. The Bertz CT molecular complexity index is 346. The highest BCUT2D eigenvalue weighted by Gasteiger charge is 2.14. The summed E-state index contributed by atoms with van der Waals surface area (Å²) in [7, 11) is 0. The lowest BCUT2D eigenvalue weighted by Gasteiger charge is -1.96. The minimum absolute atomic E-state index is 1.02. The van der Waals surface area contributed by atoms with Gasteiger partial charge in [-0.3, -0.25) is 0 Å². The molecule has 0 atom stereocenters. The zero-order valence-electron chi connectivity index (χ0n) is 9.59. The molecule has 0 aromatic heterocycles. The fourth-order valence-electron chi connectivity index (χ4n) is 1.69. The van der Waals surface area contributed by atoms with Gasteiger partial charge in [0.1, 0.15) is 0 Å². The minimum Gasteiger partial charge on any atom is -0.0991 e. The van der Waals surface area contributed by atoms with E-state index in [1.165, 1.54) is 22.3 Å². The molecule has 0 unspecified atom stereocenters. The molecule has 1 rings (SSSR count). The van der Waals surface area contributed by atoms with Crippen LogP contribution in [0, 0.1) is 0 Å². The van der Waals surface area contributed by atoms with Crippen LogP contribution in [-0.2, 0) is 0 Å². The van der Waals surface area contributed by atoms with Crippen molar-refractivity contribution in [3.63, 3.8) is 0 Å². The Morgan fingerprint density at radius 3 is 1.60 bits per heavy atom. The van der Waals surface area contributed by atoms with Crippen LogP contribution >= 0.6 is 0 Å². The lowest BCUT2D eigenvalue weighted by Crippen LogP contribution is -1.76. The third kappa shape index (κ3) is 2.69. The minimum atomic E-state index is 1.02. The molecule has 1 aliphatic rings. The summed E-state index contributed by atoms with van der Waals surface area (Å²) in [6.07, 6.45) is 12.9. The summed E-state index contributed by atoms with van der Waals surface area (Å²) in [6, 6.07) is 0. The fourth-order valence-corrected chi connectivity index (χ4v) is 1.69. The molecule has 15 heavy (non-hydrogen) atoms. The zero-order chi connectivity index (χ0) is 11.3. The van der Waals surface area contributed by atoms with Crippen LogP contribution in [0.3, 0.4) is 0 Å². The second-order valence-corrected chi connectivity index (χ2v) is 3.67. The van der Waals surface area contributed by atoms with Crippen molar-refractivity contribution in [2.75, 3.05) is 0 Å². The average Bonchev–Trinajstić information content (AvgIpc) is 2.51. The summed E-state index contributed by atoms with van der Waals surface area (Å²) in [6.45, 7) is 11.7. The quantitative estimate of drug-likeness (QED) is 0.583. The molecule has 0 saturated heterocycles. The Labute approximate surface area is 92.7 Å². The van der Waals surface area contributed by atoms with Gasteiger partial charge in [-0.05, 0) is 42.6 Å². The van der Waals surface area contributed by atoms with Crippen LogP contribution in [0.1, 0.15) is 20.3 Å². The van der Waals surface area contributed by atoms with E-state index < -0.39 is 0 Å². The van der Waals surface area contributed by atoms with Crippen LogP contribution in [0.2, 0.25) is 0 Å². The van der Waals surface area contributed by atoms with E-state index in [1.54, 1.807) is 0 Å². The Kier molecular flexibility index (Phi) is 4.11. The second kappa shape index (κ2) is 5.35. The molecule has 78 valence electrons. The predicted octanol–water partition coefficient (Wildman–Crippen LogP) is 4.51. The zero-order valence-corrected chi connectivity index (χ0v) is 9.59. The third-order valence-electron chi connectivity index (χ3n) is 2.77. The number of hydrogen-bond acceptors (Lipinski definition) is 0.